The van der Waals surface area contributed by atoms with Gasteiger partial charge in [-0.25, -0.2) is 0 Å². The van der Waals surface area contributed by atoms with Gasteiger partial charge in [0.05, 0.1) is 6.10 Å². The number of hydrogen-bond donors (Lipinski definition) is 1. The van der Waals surface area contributed by atoms with Crippen LogP contribution in [0.25, 0.3) is 0 Å². The van der Waals surface area contributed by atoms with Crippen molar-refractivity contribution in [2.75, 3.05) is 33.2 Å². The van der Waals surface area contributed by atoms with E-state index < -0.39 is 0 Å². The van der Waals surface area contributed by atoms with Crippen molar-refractivity contribution in [1.29, 1.82) is 0 Å². The summed E-state index contributed by atoms with van der Waals surface area (Å²) < 4.78 is 0. The van der Waals surface area contributed by atoms with Gasteiger partial charge in [0.15, 0.2) is 0 Å². The van der Waals surface area contributed by atoms with Gasteiger partial charge in [0.1, 0.15) is 0 Å². The molecule has 1 saturated carbocycles. The number of aliphatic hydroxyl groups is 1. The Hall–Kier alpha value is -0.120. The molecular weight excluding hydrogens is 212 g/mol. The predicted molar refractivity (Wildman–Crippen MR) is 68.9 cm³/mol. The van der Waals surface area contributed by atoms with Crippen LogP contribution < -0.4 is 0 Å². The summed E-state index contributed by atoms with van der Waals surface area (Å²) in [6.07, 6.45) is 6.52. The molecule has 0 amide bonds. The summed E-state index contributed by atoms with van der Waals surface area (Å²) in [7, 11) is 2.28. The summed E-state index contributed by atoms with van der Waals surface area (Å²) in [5.74, 6) is 1.48. The number of piperidine rings is 2. The first-order valence-corrected chi connectivity index (χ1v) is 7.34. The molecule has 3 atom stereocenters. The molecule has 0 aromatic heterocycles. The van der Waals surface area contributed by atoms with E-state index in [1.54, 1.807) is 0 Å². The Kier molecular flexibility index (Phi) is 3.42. The minimum atomic E-state index is -0.0483. The van der Waals surface area contributed by atoms with Crippen molar-refractivity contribution in [2.24, 2.45) is 11.8 Å². The van der Waals surface area contributed by atoms with Gasteiger partial charge in [-0.2, -0.15) is 0 Å². The highest BCUT2D eigenvalue weighted by molar-refractivity contribution is 4.91. The zero-order valence-electron chi connectivity index (χ0n) is 11.0. The summed E-state index contributed by atoms with van der Waals surface area (Å²) in [6.45, 7) is 4.62. The van der Waals surface area contributed by atoms with E-state index in [9.17, 15) is 5.11 Å². The Morgan fingerprint density at radius 3 is 2.76 bits per heavy atom. The van der Waals surface area contributed by atoms with Crippen LogP contribution in [0.4, 0.5) is 0 Å². The molecule has 1 N–H and O–H groups in total. The fourth-order valence-electron chi connectivity index (χ4n) is 3.79. The van der Waals surface area contributed by atoms with Crippen LogP contribution in [0.1, 0.15) is 32.1 Å². The second kappa shape index (κ2) is 4.87. The van der Waals surface area contributed by atoms with Crippen LogP contribution in [0.5, 0.6) is 0 Å². The van der Waals surface area contributed by atoms with Crippen molar-refractivity contribution >= 4 is 0 Å². The van der Waals surface area contributed by atoms with E-state index in [1.807, 2.05) is 0 Å². The number of aliphatic hydroxyl groups excluding tert-OH is 1. The van der Waals surface area contributed by atoms with Crippen LogP contribution >= 0.6 is 0 Å². The Balaban J connectivity index is 1.52. The molecule has 3 fully saturated rings. The largest absolute Gasteiger partial charge is 0.392 e. The van der Waals surface area contributed by atoms with Crippen molar-refractivity contribution in [3.05, 3.63) is 0 Å². The molecule has 2 heterocycles. The average molecular weight is 238 g/mol. The van der Waals surface area contributed by atoms with Gasteiger partial charge in [0.25, 0.3) is 0 Å². The first kappa shape index (κ1) is 11.9. The Bertz CT molecular complexity index is 267. The highest BCUT2D eigenvalue weighted by Gasteiger charge is 2.36. The maximum absolute atomic E-state index is 10.0. The summed E-state index contributed by atoms with van der Waals surface area (Å²) in [5, 5.41) is 10.0. The predicted octanol–water partition coefficient (Wildman–Crippen LogP) is 1.17. The van der Waals surface area contributed by atoms with Crippen LogP contribution in [0.3, 0.4) is 0 Å². The molecular formula is C14H26N2O. The summed E-state index contributed by atoms with van der Waals surface area (Å²) in [5.41, 5.74) is 0. The maximum Gasteiger partial charge on any atom is 0.0695 e. The molecule has 17 heavy (non-hydrogen) atoms. The molecule has 0 spiro atoms. The van der Waals surface area contributed by atoms with Crippen molar-refractivity contribution in [3.8, 4) is 0 Å². The zero-order chi connectivity index (χ0) is 11.8. The van der Waals surface area contributed by atoms with Gasteiger partial charge in [0.2, 0.25) is 0 Å². The second-order valence-corrected chi connectivity index (χ2v) is 6.40. The normalized spacial score (nSPS) is 37.8. The molecule has 0 aromatic rings. The van der Waals surface area contributed by atoms with Gasteiger partial charge in [-0.3, -0.25) is 0 Å². The Morgan fingerprint density at radius 1 is 1.18 bits per heavy atom. The number of rotatable bonds is 3. The molecule has 3 aliphatic rings. The first-order valence-electron chi connectivity index (χ1n) is 7.34. The van der Waals surface area contributed by atoms with Gasteiger partial charge in [-0.05, 0) is 64.1 Å². The highest BCUT2D eigenvalue weighted by Crippen LogP contribution is 2.34. The smallest absolute Gasteiger partial charge is 0.0695 e. The van der Waals surface area contributed by atoms with E-state index in [0.717, 1.165) is 18.5 Å². The lowest BCUT2D eigenvalue weighted by atomic mass is 9.84. The van der Waals surface area contributed by atoms with Gasteiger partial charge >= 0.3 is 0 Å². The number of hydrogen-bond acceptors (Lipinski definition) is 3. The van der Waals surface area contributed by atoms with Crippen molar-refractivity contribution in [2.45, 2.75) is 44.2 Å². The molecule has 2 saturated heterocycles. The van der Waals surface area contributed by atoms with E-state index >= 15 is 0 Å². The first-order chi connectivity index (χ1) is 8.24. The monoisotopic (exact) mass is 238 g/mol. The quantitative estimate of drug-likeness (QED) is 0.799. The lowest BCUT2D eigenvalue weighted by Gasteiger charge is -2.46. The van der Waals surface area contributed by atoms with E-state index in [2.05, 4.69) is 16.8 Å². The maximum atomic E-state index is 10.0. The van der Waals surface area contributed by atoms with Crippen LogP contribution in [0, 0.1) is 11.8 Å². The summed E-state index contributed by atoms with van der Waals surface area (Å²) in [6, 6.07) is 0.818. The SMILES string of the molecule is CN1CCCC2CN(CC(O)C3CC3)CCC21. The molecule has 1 aliphatic carbocycles. The number of nitrogens with zero attached hydrogens (tertiary/aromatic N) is 2. The lowest BCUT2D eigenvalue weighted by Crippen LogP contribution is -2.53. The zero-order valence-corrected chi connectivity index (χ0v) is 11.0. The minimum Gasteiger partial charge on any atom is -0.392 e. The van der Waals surface area contributed by atoms with Crippen molar-refractivity contribution < 1.29 is 5.11 Å². The van der Waals surface area contributed by atoms with Crippen LogP contribution in [-0.4, -0.2) is 60.3 Å². The van der Waals surface area contributed by atoms with Crippen LogP contribution in [0.15, 0.2) is 0 Å². The minimum absolute atomic E-state index is 0.0483. The van der Waals surface area contributed by atoms with Gasteiger partial charge in [-0.1, -0.05) is 0 Å². The molecule has 0 radical (unpaired) electrons. The number of fused-ring (bicyclic) bond motifs is 1. The summed E-state index contributed by atoms with van der Waals surface area (Å²) >= 11 is 0. The fraction of sp³-hybridized carbons (Fsp3) is 1.00. The fourth-order valence-corrected chi connectivity index (χ4v) is 3.79. The van der Waals surface area contributed by atoms with Gasteiger partial charge in [-0.15, -0.1) is 0 Å². The van der Waals surface area contributed by atoms with Crippen molar-refractivity contribution in [1.82, 2.24) is 9.80 Å². The standard InChI is InChI=1S/C14H26N2O/c1-15-7-2-3-12-9-16(8-6-13(12)15)10-14(17)11-4-5-11/h11-14,17H,2-10H2,1H3. The van der Waals surface area contributed by atoms with E-state index in [0.29, 0.717) is 5.92 Å². The van der Waals surface area contributed by atoms with E-state index in [-0.39, 0.29) is 6.10 Å². The average Bonchev–Trinajstić information content (AvgIpc) is 3.13. The Morgan fingerprint density at radius 2 is 2.00 bits per heavy atom. The van der Waals surface area contributed by atoms with Gasteiger partial charge < -0.3 is 14.9 Å². The topological polar surface area (TPSA) is 26.7 Å². The highest BCUT2D eigenvalue weighted by atomic mass is 16.3. The molecule has 3 unspecified atom stereocenters. The van der Waals surface area contributed by atoms with Crippen molar-refractivity contribution in [3.63, 3.8) is 0 Å². The third-order valence-corrected chi connectivity index (χ3v) is 5.04. The molecule has 98 valence electrons. The lowest BCUT2D eigenvalue weighted by molar-refractivity contribution is 0.0136. The molecule has 3 heteroatoms. The summed E-state index contributed by atoms with van der Waals surface area (Å²) in [4.78, 5) is 5.08. The molecule has 0 bridgehead atoms. The Labute approximate surface area is 105 Å². The third-order valence-electron chi connectivity index (χ3n) is 5.04. The molecule has 3 rings (SSSR count). The van der Waals surface area contributed by atoms with Crippen LogP contribution in [-0.2, 0) is 0 Å². The second-order valence-electron chi connectivity index (χ2n) is 6.40. The molecule has 2 aliphatic heterocycles. The van der Waals surface area contributed by atoms with Crippen LogP contribution in [0.2, 0.25) is 0 Å². The number of β-amino-alcohol motifs (C(OH)–C–C–N with tert-alkyl or cyclic N) is 1. The third kappa shape index (κ3) is 2.67. The number of likely N-dealkylation sites (tertiary alicyclic amines) is 2. The van der Waals surface area contributed by atoms with E-state index in [1.165, 1.54) is 51.7 Å². The van der Waals surface area contributed by atoms with Gasteiger partial charge in [0, 0.05) is 19.1 Å². The molecule has 0 aromatic carbocycles. The van der Waals surface area contributed by atoms with E-state index in [4.69, 9.17) is 0 Å². The molecule has 3 nitrogen and oxygen atoms in total.